The second-order valence-corrected chi connectivity index (χ2v) is 4.49. The van der Waals surface area contributed by atoms with Gasteiger partial charge in [0.25, 0.3) is 0 Å². The minimum absolute atomic E-state index is 0.128. The molecule has 2 fully saturated rings. The molecule has 0 aromatic rings. The molecule has 5 nitrogen and oxygen atoms in total. The summed E-state index contributed by atoms with van der Waals surface area (Å²) in [6.07, 6.45) is 1.91. The number of carbonyl (C=O) groups is 1. The molecule has 1 N–H and O–H groups in total. The first-order chi connectivity index (χ1) is 7.77. The van der Waals surface area contributed by atoms with Crippen LogP contribution in [0.3, 0.4) is 0 Å². The van der Waals surface area contributed by atoms with Crippen molar-refractivity contribution < 1.29 is 14.3 Å². The van der Waals surface area contributed by atoms with Gasteiger partial charge in [0.2, 0.25) is 0 Å². The van der Waals surface area contributed by atoms with Crippen molar-refractivity contribution in [1.82, 2.24) is 10.2 Å². The SMILES string of the molecule is COC(=O)C1(CN2CCOCC2)CCCN1. The Balaban J connectivity index is 1.98. The van der Waals surface area contributed by atoms with Gasteiger partial charge in [-0.3, -0.25) is 9.69 Å². The molecular weight excluding hydrogens is 208 g/mol. The lowest BCUT2D eigenvalue weighted by Gasteiger charge is -2.35. The predicted octanol–water partition coefficient (Wildman–Crippen LogP) is -0.386. The van der Waals surface area contributed by atoms with Gasteiger partial charge in [0, 0.05) is 19.6 Å². The van der Waals surface area contributed by atoms with Crippen molar-refractivity contribution in [3.63, 3.8) is 0 Å². The Bertz CT molecular complexity index is 246. The summed E-state index contributed by atoms with van der Waals surface area (Å²) in [7, 11) is 1.46. The Kier molecular flexibility index (Phi) is 3.78. The number of hydrogen-bond acceptors (Lipinski definition) is 5. The average Bonchev–Trinajstić information content (AvgIpc) is 2.79. The average molecular weight is 228 g/mol. The van der Waals surface area contributed by atoms with Gasteiger partial charge in [0.1, 0.15) is 5.54 Å². The van der Waals surface area contributed by atoms with E-state index >= 15 is 0 Å². The fourth-order valence-electron chi connectivity index (χ4n) is 2.52. The van der Waals surface area contributed by atoms with E-state index in [2.05, 4.69) is 10.2 Å². The molecule has 0 bridgehead atoms. The third kappa shape index (κ3) is 2.36. The van der Waals surface area contributed by atoms with Crippen molar-refractivity contribution in [2.75, 3.05) is 46.5 Å². The molecule has 0 saturated carbocycles. The van der Waals surface area contributed by atoms with Crippen LogP contribution in [0.2, 0.25) is 0 Å². The van der Waals surface area contributed by atoms with Gasteiger partial charge >= 0.3 is 5.97 Å². The van der Waals surface area contributed by atoms with Crippen LogP contribution in [-0.2, 0) is 14.3 Å². The van der Waals surface area contributed by atoms with Gasteiger partial charge in [-0.15, -0.1) is 0 Å². The number of morpholine rings is 1. The monoisotopic (exact) mass is 228 g/mol. The number of nitrogens with one attached hydrogen (secondary N) is 1. The van der Waals surface area contributed by atoms with Crippen LogP contribution < -0.4 is 5.32 Å². The predicted molar refractivity (Wildman–Crippen MR) is 59.2 cm³/mol. The van der Waals surface area contributed by atoms with Crippen LogP contribution in [0.5, 0.6) is 0 Å². The van der Waals surface area contributed by atoms with Crippen LogP contribution in [-0.4, -0.2) is 62.9 Å². The minimum atomic E-state index is -0.480. The summed E-state index contributed by atoms with van der Waals surface area (Å²) in [5, 5.41) is 3.31. The minimum Gasteiger partial charge on any atom is -0.468 e. The summed E-state index contributed by atoms with van der Waals surface area (Å²) in [4.78, 5) is 14.1. The molecule has 5 heteroatoms. The van der Waals surface area contributed by atoms with E-state index in [1.165, 1.54) is 7.11 Å². The molecule has 16 heavy (non-hydrogen) atoms. The number of ether oxygens (including phenoxy) is 2. The van der Waals surface area contributed by atoms with Crippen molar-refractivity contribution >= 4 is 5.97 Å². The Morgan fingerprint density at radius 3 is 2.81 bits per heavy atom. The summed E-state index contributed by atoms with van der Waals surface area (Å²) in [6.45, 7) is 4.97. The number of hydrogen-bond donors (Lipinski definition) is 1. The first-order valence-corrected chi connectivity index (χ1v) is 5.90. The van der Waals surface area contributed by atoms with Crippen LogP contribution in [0.15, 0.2) is 0 Å². The highest BCUT2D eigenvalue weighted by molar-refractivity contribution is 5.81. The van der Waals surface area contributed by atoms with Crippen LogP contribution in [0.1, 0.15) is 12.8 Å². The van der Waals surface area contributed by atoms with Crippen molar-refractivity contribution in [3.05, 3.63) is 0 Å². The van der Waals surface area contributed by atoms with Crippen LogP contribution in [0.25, 0.3) is 0 Å². The summed E-state index contributed by atoms with van der Waals surface area (Å²) < 4.78 is 10.2. The van der Waals surface area contributed by atoms with Crippen molar-refractivity contribution in [2.24, 2.45) is 0 Å². The normalized spacial score (nSPS) is 31.6. The molecule has 92 valence electrons. The van der Waals surface area contributed by atoms with E-state index in [4.69, 9.17) is 9.47 Å². The van der Waals surface area contributed by atoms with E-state index < -0.39 is 5.54 Å². The van der Waals surface area contributed by atoms with E-state index in [1.807, 2.05) is 0 Å². The molecule has 0 spiro atoms. The van der Waals surface area contributed by atoms with Crippen LogP contribution in [0, 0.1) is 0 Å². The summed E-state index contributed by atoms with van der Waals surface area (Å²) >= 11 is 0. The Labute approximate surface area is 96.1 Å². The molecule has 2 saturated heterocycles. The number of rotatable bonds is 3. The van der Waals surface area contributed by atoms with Crippen LogP contribution >= 0.6 is 0 Å². The van der Waals surface area contributed by atoms with Crippen LogP contribution in [0.4, 0.5) is 0 Å². The highest BCUT2D eigenvalue weighted by atomic mass is 16.5. The molecular formula is C11H20N2O3. The maximum absolute atomic E-state index is 11.9. The zero-order valence-electron chi connectivity index (χ0n) is 9.83. The zero-order chi connectivity index (χ0) is 11.4. The zero-order valence-corrected chi connectivity index (χ0v) is 9.83. The molecule has 0 aromatic heterocycles. The number of carbonyl (C=O) groups excluding carboxylic acids is 1. The molecule has 1 unspecified atom stereocenters. The molecule has 2 rings (SSSR count). The largest absolute Gasteiger partial charge is 0.468 e. The first kappa shape index (κ1) is 11.8. The Morgan fingerprint density at radius 2 is 2.25 bits per heavy atom. The molecule has 2 heterocycles. The number of esters is 1. The fourth-order valence-corrected chi connectivity index (χ4v) is 2.52. The van der Waals surface area contributed by atoms with Crippen molar-refractivity contribution in [3.8, 4) is 0 Å². The highest BCUT2D eigenvalue weighted by Gasteiger charge is 2.43. The second-order valence-electron chi connectivity index (χ2n) is 4.49. The third-order valence-corrected chi connectivity index (χ3v) is 3.42. The van der Waals surface area contributed by atoms with Gasteiger partial charge in [-0.05, 0) is 19.4 Å². The molecule has 0 radical (unpaired) electrons. The van der Waals surface area contributed by atoms with E-state index in [9.17, 15) is 4.79 Å². The van der Waals surface area contributed by atoms with E-state index in [-0.39, 0.29) is 5.97 Å². The molecule has 2 aliphatic heterocycles. The Hall–Kier alpha value is -0.650. The lowest BCUT2D eigenvalue weighted by atomic mass is 9.96. The topological polar surface area (TPSA) is 50.8 Å². The van der Waals surface area contributed by atoms with Gasteiger partial charge in [0.15, 0.2) is 0 Å². The standard InChI is InChI=1S/C11H20N2O3/c1-15-10(14)11(3-2-4-12-11)9-13-5-7-16-8-6-13/h12H,2-9H2,1H3. The molecule has 0 amide bonds. The van der Waals surface area contributed by atoms with E-state index in [0.717, 1.165) is 52.2 Å². The number of methoxy groups -OCH3 is 1. The Morgan fingerprint density at radius 1 is 1.50 bits per heavy atom. The first-order valence-electron chi connectivity index (χ1n) is 5.90. The van der Waals surface area contributed by atoms with Gasteiger partial charge in [-0.2, -0.15) is 0 Å². The number of nitrogens with zero attached hydrogens (tertiary/aromatic N) is 1. The summed E-state index contributed by atoms with van der Waals surface area (Å²) in [5.41, 5.74) is -0.480. The summed E-state index contributed by atoms with van der Waals surface area (Å²) in [5.74, 6) is -0.128. The van der Waals surface area contributed by atoms with Gasteiger partial charge in [-0.1, -0.05) is 0 Å². The molecule has 0 aromatic carbocycles. The summed E-state index contributed by atoms with van der Waals surface area (Å²) in [6, 6.07) is 0. The highest BCUT2D eigenvalue weighted by Crippen LogP contribution is 2.22. The van der Waals surface area contributed by atoms with Crippen molar-refractivity contribution in [1.29, 1.82) is 0 Å². The van der Waals surface area contributed by atoms with Crippen molar-refractivity contribution in [2.45, 2.75) is 18.4 Å². The van der Waals surface area contributed by atoms with E-state index in [1.54, 1.807) is 0 Å². The quantitative estimate of drug-likeness (QED) is 0.667. The van der Waals surface area contributed by atoms with Gasteiger partial charge < -0.3 is 14.8 Å². The smallest absolute Gasteiger partial charge is 0.327 e. The molecule has 1 atom stereocenters. The maximum Gasteiger partial charge on any atom is 0.327 e. The molecule has 2 aliphatic rings. The molecule has 0 aliphatic carbocycles. The lowest BCUT2D eigenvalue weighted by Crippen LogP contribution is -2.57. The fraction of sp³-hybridized carbons (Fsp3) is 0.909. The lowest BCUT2D eigenvalue weighted by molar-refractivity contribution is -0.149. The third-order valence-electron chi connectivity index (χ3n) is 3.42. The second kappa shape index (κ2) is 5.12. The maximum atomic E-state index is 11.9. The van der Waals surface area contributed by atoms with Gasteiger partial charge in [0.05, 0.1) is 20.3 Å². The van der Waals surface area contributed by atoms with Gasteiger partial charge in [-0.25, -0.2) is 0 Å². The van der Waals surface area contributed by atoms with E-state index in [0.29, 0.717) is 0 Å².